The molecule has 0 unspecified atom stereocenters. The molecule has 0 aromatic heterocycles. The van der Waals surface area contributed by atoms with Crippen LogP contribution in [0.25, 0.3) is 0 Å². The van der Waals surface area contributed by atoms with Gasteiger partial charge in [0, 0.05) is 11.6 Å². The van der Waals surface area contributed by atoms with Crippen molar-refractivity contribution in [3.05, 3.63) is 59.4 Å². The summed E-state index contributed by atoms with van der Waals surface area (Å²) < 4.78 is 23.5. The van der Waals surface area contributed by atoms with Crippen LogP contribution in [0.15, 0.2) is 42.5 Å². The van der Waals surface area contributed by atoms with Crippen molar-refractivity contribution in [2.24, 2.45) is 0 Å². The third kappa shape index (κ3) is 3.35. The average Bonchev–Trinajstić information content (AvgIpc) is 2.48. The highest BCUT2D eigenvalue weighted by Crippen LogP contribution is 2.19. The summed E-state index contributed by atoms with van der Waals surface area (Å²) in [7, 11) is 1.54. The fourth-order valence-electron chi connectivity index (χ4n) is 1.75. The number of methoxy groups -OCH3 is 1. The zero-order valence-electron chi connectivity index (χ0n) is 11.4. The van der Waals surface area contributed by atoms with Gasteiger partial charge < -0.3 is 9.47 Å². The van der Waals surface area contributed by atoms with Crippen LogP contribution >= 0.6 is 0 Å². The molecule has 0 aliphatic rings. The van der Waals surface area contributed by atoms with E-state index in [4.69, 9.17) is 9.47 Å². The predicted octanol–water partition coefficient (Wildman–Crippen LogP) is 3.40. The summed E-state index contributed by atoms with van der Waals surface area (Å²) in [4.78, 5) is 12.0. The van der Waals surface area contributed by atoms with Gasteiger partial charge in [0.2, 0.25) is 0 Å². The molecule has 104 valence electrons. The molecule has 2 aromatic rings. The number of ether oxygens (including phenoxy) is 2. The highest BCUT2D eigenvalue weighted by Gasteiger charge is 2.09. The highest BCUT2D eigenvalue weighted by atomic mass is 19.1. The molecule has 0 saturated carbocycles. The Labute approximate surface area is 117 Å². The third-order valence-electron chi connectivity index (χ3n) is 2.90. The molecular formula is C16H15FO3. The molecule has 3 nitrogen and oxygen atoms in total. The van der Waals surface area contributed by atoms with Crippen molar-refractivity contribution in [3.8, 4) is 11.5 Å². The number of rotatable bonds is 5. The van der Waals surface area contributed by atoms with Gasteiger partial charge in [0.05, 0.1) is 7.11 Å². The molecule has 0 spiro atoms. The molecule has 0 aliphatic carbocycles. The van der Waals surface area contributed by atoms with Gasteiger partial charge in [-0.3, -0.25) is 4.79 Å². The number of hydrogen-bond donors (Lipinski definition) is 0. The third-order valence-corrected chi connectivity index (χ3v) is 2.90. The number of carbonyl (C=O) groups is 1. The number of benzene rings is 2. The minimum Gasteiger partial charge on any atom is -0.497 e. The lowest BCUT2D eigenvalue weighted by Crippen LogP contribution is -2.12. The molecule has 20 heavy (non-hydrogen) atoms. The lowest BCUT2D eigenvalue weighted by molar-refractivity contribution is 0.0920. The van der Waals surface area contributed by atoms with Crippen LogP contribution in [0.2, 0.25) is 0 Å². The Morgan fingerprint density at radius 1 is 1.20 bits per heavy atom. The van der Waals surface area contributed by atoms with E-state index < -0.39 is 0 Å². The van der Waals surface area contributed by atoms with Crippen LogP contribution in [-0.2, 0) is 0 Å². The van der Waals surface area contributed by atoms with Gasteiger partial charge in [0.15, 0.2) is 12.4 Å². The Balaban J connectivity index is 2.06. The first-order chi connectivity index (χ1) is 9.60. The molecule has 0 saturated heterocycles. The van der Waals surface area contributed by atoms with Crippen LogP contribution in [0.5, 0.6) is 11.5 Å². The van der Waals surface area contributed by atoms with Crippen molar-refractivity contribution >= 4 is 5.78 Å². The van der Waals surface area contributed by atoms with E-state index in [9.17, 15) is 9.18 Å². The van der Waals surface area contributed by atoms with Crippen LogP contribution in [0.1, 0.15) is 15.9 Å². The summed E-state index contributed by atoms with van der Waals surface area (Å²) in [5.41, 5.74) is 1.28. The monoisotopic (exact) mass is 274 g/mol. The molecule has 0 radical (unpaired) electrons. The molecule has 0 bridgehead atoms. The first kappa shape index (κ1) is 14.1. The zero-order chi connectivity index (χ0) is 14.5. The van der Waals surface area contributed by atoms with Crippen molar-refractivity contribution in [2.45, 2.75) is 6.92 Å². The number of Topliss-reactive ketones (excluding diaryl/α,β-unsaturated/α-hetero) is 1. The summed E-state index contributed by atoms with van der Waals surface area (Å²) in [5.74, 6) is 0.408. The molecule has 0 heterocycles. The molecule has 4 heteroatoms. The van der Waals surface area contributed by atoms with E-state index in [1.54, 1.807) is 37.3 Å². The molecule has 0 aliphatic heterocycles. The van der Waals surface area contributed by atoms with Gasteiger partial charge in [-0.05, 0) is 30.7 Å². The van der Waals surface area contributed by atoms with Crippen molar-refractivity contribution in [3.63, 3.8) is 0 Å². The lowest BCUT2D eigenvalue weighted by Gasteiger charge is -2.09. The quantitative estimate of drug-likeness (QED) is 0.784. The second-order valence-electron chi connectivity index (χ2n) is 4.35. The molecule has 0 atom stereocenters. The summed E-state index contributed by atoms with van der Waals surface area (Å²) in [6, 6.07) is 11.1. The molecule has 2 rings (SSSR count). The summed E-state index contributed by atoms with van der Waals surface area (Å²) in [6.07, 6.45) is 0. The maximum atomic E-state index is 13.1. The Morgan fingerprint density at radius 3 is 2.75 bits per heavy atom. The number of halogens is 1. The number of carbonyl (C=O) groups excluding carboxylic acids is 1. The second kappa shape index (κ2) is 6.19. The van der Waals surface area contributed by atoms with Gasteiger partial charge in [-0.2, -0.15) is 0 Å². The first-order valence-corrected chi connectivity index (χ1v) is 6.16. The van der Waals surface area contributed by atoms with E-state index >= 15 is 0 Å². The SMILES string of the molecule is COc1cccc(C(=O)COc2cc(F)ccc2C)c1. The standard InChI is InChI=1S/C16H15FO3/c1-11-6-7-13(17)9-16(11)20-10-15(18)12-4-3-5-14(8-12)19-2/h3-9H,10H2,1-2H3. The van der Waals surface area contributed by atoms with E-state index in [1.165, 1.54) is 19.2 Å². The largest absolute Gasteiger partial charge is 0.497 e. The Hall–Kier alpha value is -2.36. The van der Waals surface area contributed by atoms with Crippen molar-refractivity contribution in [2.75, 3.05) is 13.7 Å². The van der Waals surface area contributed by atoms with Gasteiger partial charge in [-0.1, -0.05) is 18.2 Å². The van der Waals surface area contributed by atoms with Crippen molar-refractivity contribution < 1.29 is 18.7 Å². The second-order valence-corrected chi connectivity index (χ2v) is 4.35. The first-order valence-electron chi connectivity index (χ1n) is 6.16. The van der Waals surface area contributed by atoms with Crippen molar-refractivity contribution in [1.82, 2.24) is 0 Å². The maximum Gasteiger partial charge on any atom is 0.200 e. The minimum absolute atomic E-state index is 0.141. The van der Waals surface area contributed by atoms with Gasteiger partial charge >= 0.3 is 0 Å². The fourth-order valence-corrected chi connectivity index (χ4v) is 1.75. The Kier molecular flexibility index (Phi) is 4.35. The molecule has 0 fully saturated rings. The predicted molar refractivity (Wildman–Crippen MR) is 74.0 cm³/mol. The summed E-state index contributed by atoms with van der Waals surface area (Å²) >= 11 is 0. The van der Waals surface area contributed by atoms with Crippen LogP contribution in [0.3, 0.4) is 0 Å². The summed E-state index contributed by atoms with van der Waals surface area (Å²) in [6.45, 7) is 1.66. The van der Waals surface area contributed by atoms with E-state index in [0.717, 1.165) is 5.56 Å². The zero-order valence-corrected chi connectivity index (χ0v) is 11.4. The number of aryl methyl sites for hydroxylation is 1. The van der Waals surface area contributed by atoms with E-state index in [-0.39, 0.29) is 18.2 Å². The van der Waals surface area contributed by atoms with E-state index in [2.05, 4.69) is 0 Å². The van der Waals surface area contributed by atoms with Crippen LogP contribution in [0.4, 0.5) is 4.39 Å². The molecular weight excluding hydrogens is 259 g/mol. The van der Waals surface area contributed by atoms with Gasteiger partial charge in [0.25, 0.3) is 0 Å². The normalized spacial score (nSPS) is 10.2. The maximum absolute atomic E-state index is 13.1. The van der Waals surface area contributed by atoms with E-state index in [1.807, 2.05) is 0 Å². The van der Waals surface area contributed by atoms with E-state index in [0.29, 0.717) is 17.1 Å². The highest BCUT2D eigenvalue weighted by molar-refractivity contribution is 5.97. The smallest absolute Gasteiger partial charge is 0.200 e. The average molecular weight is 274 g/mol. The van der Waals surface area contributed by atoms with Gasteiger partial charge in [-0.25, -0.2) is 4.39 Å². The summed E-state index contributed by atoms with van der Waals surface area (Å²) in [5, 5.41) is 0. The molecule has 0 N–H and O–H groups in total. The van der Waals surface area contributed by atoms with Crippen LogP contribution < -0.4 is 9.47 Å². The molecule has 2 aromatic carbocycles. The van der Waals surface area contributed by atoms with Crippen LogP contribution in [0, 0.1) is 12.7 Å². The number of ketones is 1. The van der Waals surface area contributed by atoms with Gasteiger partial charge in [-0.15, -0.1) is 0 Å². The topological polar surface area (TPSA) is 35.5 Å². The Morgan fingerprint density at radius 2 is 2.00 bits per heavy atom. The molecule has 0 amide bonds. The van der Waals surface area contributed by atoms with Gasteiger partial charge in [0.1, 0.15) is 17.3 Å². The minimum atomic E-state index is -0.389. The Bertz CT molecular complexity index is 623. The number of hydrogen-bond acceptors (Lipinski definition) is 3. The van der Waals surface area contributed by atoms with Crippen LogP contribution in [-0.4, -0.2) is 19.5 Å². The van der Waals surface area contributed by atoms with Crippen molar-refractivity contribution in [1.29, 1.82) is 0 Å². The fraction of sp³-hybridized carbons (Fsp3) is 0.188. The lowest BCUT2D eigenvalue weighted by atomic mass is 10.1.